The number of nitrogens with zero attached hydrogens (tertiary/aromatic N) is 2. The SMILES string of the molecule is COC(=O)C1=C(C)N=c2sc(=Cc3cccc(OCc4cccc5ccccc45)c3)c(=O)n2C1c1ccccc1. The largest absolute Gasteiger partial charge is 0.489 e. The minimum Gasteiger partial charge on any atom is -0.489 e. The van der Waals surface area contributed by atoms with Crippen molar-refractivity contribution < 1.29 is 14.3 Å². The zero-order chi connectivity index (χ0) is 27.6. The van der Waals surface area contributed by atoms with Crippen LogP contribution in [0.3, 0.4) is 0 Å². The van der Waals surface area contributed by atoms with Gasteiger partial charge in [-0.2, -0.15) is 0 Å². The maximum atomic E-state index is 13.8. The van der Waals surface area contributed by atoms with E-state index in [4.69, 9.17) is 9.47 Å². The maximum absolute atomic E-state index is 13.8. The van der Waals surface area contributed by atoms with Gasteiger partial charge in [0.15, 0.2) is 4.80 Å². The Balaban J connectivity index is 1.36. The first-order valence-corrected chi connectivity index (χ1v) is 13.7. The van der Waals surface area contributed by atoms with Crippen molar-refractivity contribution in [2.75, 3.05) is 7.11 Å². The molecule has 4 aromatic carbocycles. The number of allylic oxidation sites excluding steroid dienone is 1. The van der Waals surface area contributed by atoms with Crippen LogP contribution in [0.4, 0.5) is 0 Å². The lowest BCUT2D eigenvalue weighted by Gasteiger charge is -2.24. The molecular weight excluding hydrogens is 520 g/mol. The fraction of sp³-hybridized carbons (Fsp3) is 0.121. The molecule has 1 unspecified atom stereocenters. The second-order valence-electron chi connectivity index (χ2n) is 9.48. The van der Waals surface area contributed by atoms with E-state index in [1.54, 1.807) is 11.5 Å². The normalized spacial score (nSPS) is 15.1. The molecule has 2 heterocycles. The molecular formula is C33H26N2O4S. The van der Waals surface area contributed by atoms with Gasteiger partial charge in [0.1, 0.15) is 12.4 Å². The third-order valence-corrected chi connectivity index (χ3v) is 7.96. The number of esters is 1. The number of aromatic nitrogens is 1. The molecule has 1 atom stereocenters. The van der Waals surface area contributed by atoms with Gasteiger partial charge in [0.2, 0.25) is 0 Å². The molecule has 0 radical (unpaired) electrons. The molecule has 0 amide bonds. The van der Waals surface area contributed by atoms with Gasteiger partial charge in [-0.25, -0.2) is 9.79 Å². The number of thiazole rings is 1. The average Bonchev–Trinajstić information content (AvgIpc) is 3.29. The summed E-state index contributed by atoms with van der Waals surface area (Å²) in [4.78, 5) is 31.7. The molecule has 0 aliphatic carbocycles. The smallest absolute Gasteiger partial charge is 0.338 e. The van der Waals surface area contributed by atoms with Crippen LogP contribution in [0, 0.1) is 0 Å². The molecule has 1 aliphatic heterocycles. The van der Waals surface area contributed by atoms with Gasteiger partial charge in [0, 0.05) is 0 Å². The van der Waals surface area contributed by atoms with Gasteiger partial charge in [0.25, 0.3) is 5.56 Å². The molecule has 0 spiro atoms. The van der Waals surface area contributed by atoms with Crippen molar-refractivity contribution in [1.29, 1.82) is 0 Å². The highest BCUT2D eigenvalue weighted by atomic mass is 32.1. The minimum atomic E-state index is -0.623. The fourth-order valence-electron chi connectivity index (χ4n) is 5.07. The van der Waals surface area contributed by atoms with Crippen LogP contribution in [0.5, 0.6) is 5.75 Å². The Morgan fingerprint density at radius 2 is 1.73 bits per heavy atom. The van der Waals surface area contributed by atoms with E-state index in [-0.39, 0.29) is 5.56 Å². The van der Waals surface area contributed by atoms with Crippen LogP contribution < -0.4 is 19.6 Å². The van der Waals surface area contributed by atoms with E-state index < -0.39 is 12.0 Å². The fourth-order valence-corrected chi connectivity index (χ4v) is 6.11. The van der Waals surface area contributed by atoms with E-state index in [1.165, 1.54) is 23.8 Å². The first kappa shape index (κ1) is 25.5. The molecule has 6 rings (SSSR count). The van der Waals surface area contributed by atoms with Crippen molar-refractivity contribution in [2.45, 2.75) is 19.6 Å². The number of carbonyl (C=O) groups excluding carboxylic acids is 1. The number of benzene rings is 4. The van der Waals surface area contributed by atoms with Crippen molar-refractivity contribution in [2.24, 2.45) is 4.99 Å². The first-order chi connectivity index (χ1) is 19.5. The quantitative estimate of drug-likeness (QED) is 0.277. The average molecular weight is 547 g/mol. The molecule has 5 aromatic rings. The topological polar surface area (TPSA) is 69.9 Å². The second kappa shape index (κ2) is 10.8. The highest BCUT2D eigenvalue weighted by Crippen LogP contribution is 2.30. The Labute approximate surface area is 234 Å². The minimum absolute atomic E-state index is 0.214. The summed E-state index contributed by atoms with van der Waals surface area (Å²) in [6.45, 7) is 2.20. The summed E-state index contributed by atoms with van der Waals surface area (Å²) in [7, 11) is 1.34. The van der Waals surface area contributed by atoms with E-state index in [1.807, 2.05) is 78.9 Å². The zero-order valence-electron chi connectivity index (χ0n) is 22.0. The Morgan fingerprint density at radius 3 is 2.55 bits per heavy atom. The van der Waals surface area contributed by atoms with Crippen LogP contribution in [-0.4, -0.2) is 17.6 Å². The van der Waals surface area contributed by atoms with Crippen LogP contribution in [-0.2, 0) is 16.1 Å². The Hall–Kier alpha value is -4.75. The van der Waals surface area contributed by atoms with Crippen molar-refractivity contribution in [3.05, 3.63) is 145 Å². The molecule has 0 fully saturated rings. The number of hydrogen-bond acceptors (Lipinski definition) is 6. The van der Waals surface area contributed by atoms with Crippen molar-refractivity contribution in [3.8, 4) is 5.75 Å². The van der Waals surface area contributed by atoms with Gasteiger partial charge in [-0.3, -0.25) is 9.36 Å². The number of ether oxygens (including phenoxy) is 2. The first-order valence-electron chi connectivity index (χ1n) is 12.9. The molecule has 0 bridgehead atoms. The Morgan fingerprint density at radius 1 is 0.975 bits per heavy atom. The summed E-state index contributed by atoms with van der Waals surface area (Å²) in [6, 6.07) is 31.0. The van der Waals surface area contributed by atoms with Crippen molar-refractivity contribution in [1.82, 2.24) is 4.57 Å². The van der Waals surface area contributed by atoms with E-state index in [0.29, 0.717) is 33.0 Å². The van der Waals surface area contributed by atoms with Gasteiger partial charge >= 0.3 is 5.97 Å². The second-order valence-corrected chi connectivity index (χ2v) is 10.5. The molecule has 1 aromatic heterocycles. The van der Waals surface area contributed by atoms with Crippen molar-refractivity contribution >= 4 is 34.2 Å². The zero-order valence-corrected chi connectivity index (χ0v) is 22.9. The number of fused-ring (bicyclic) bond motifs is 2. The lowest BCUT2D eigenvalue weighted by atomic mass is 9.96. The van der Waals surface area contributed by atoms with Crippen LogP contribution >= 0.6 is 11.3 Å². The van der Waals surface area contributed by atoms with Gasteiger partial charge in [-0.1, -0.05) is 96.3 Å². The molecule has 1 aliphatic rings. The van der Waals surface area contributed by atoms with Gasteiger partial charge in [-0.15, -0.1) is 0 Å². The van der Waals surface area contributed by atoms with E-state index in [9.17, 15) is 9.59 Å². The molecule has 0 N–H and O–H groups in total. The number of methoxy groups -OCH3 is 1. The van der Waals surface area contributed by atoms with Crippen LogP contribution in [0.2, 0.25) is 0 Å². The lowest BCUT2D eigenvalue weighted by Crippen LogP contribution is -2.39. The van der Waals surface area contributed by atoms with Gasteiger partial charge < -0.3 is 9.47 Å². The molecule has 0 saturated carbocycles. The standard InChI is InChI=1S/C33H26N2O4S/c1-21-29(32(37)38-2)30(24-12-4-3-5-13-24)35-31(36)28(40-33(35)34-21)19-22-10-8-16-26(18-22)39-20-25-15-9-14-23-11-6-7-17-27(23)25/h3-19,30H,20H2,1-2H3. The predicted octanol–water partition coefficient (Wildman–Crippen LogP) is 5.14. The molecule has 198 valence electrons. The number of rotatable bonds is 6. The van der Waals surface area contributed by atoms with E-state index in [0.717, 1.165) is 22.1 Å². The third-order valence-electron chi connectivity index (χ3n) is 6.97. The van der Waals surface area contributed by atoms with Gasteiger partial charge in [-0.05, 0) is 52.6 Å². The highest BCUT2D eigenvalue weighted by molar-refractivity contribution is 7.07. The Bertz CT molecular complexity index is 1950. The summed E-state index contributed by atoms with van der Waals surface area (Å²) in [5.74, 6) is 0.209. The van der Waals surface area contributed by atoms with Crippen LogP contribution in [0.1, 0.15) is 29.7 Å². The summed E-state index contributed by atoms with van der Waals surface area (Å²) >= 11 is 1.30. The summed E-state index contributed by atoms with van der Waals surface area (Å²) in [6.07, 6.45) is 1.84. The summed E-state index contributed by atoms with van der Waals surface area (Å²) in [5.41, 5.74) is 3.44. The summed E-state index contributed by atoms with van der Waals surface area (Å²) < 4.78 is 13.3. The highest BCUT2D eigenvalue weighted by Gasteiger charge is 2.32. The van der Waals surface area contributed by atoms with Crippen molar-refractivity contribution in [3.63, 3.8) is 0 Å². The number of carbonyl (C=O) groups is 1. The Kier molecular flexibility index (Phi) is 6.88. The predicted molar refractivity (Wildman–Crippen MR) is 157 cm³/mol. The van der Waals surface area contributed by atoms with E-state index >= 15 is 0 Å². The molecule has 7 heteroatoms. The molecule has 6 nitrogen and oxygen atoms in total. The van der Waals surface area contributed by atoms with Gasteiger partial charge in [0.05, 0.1) is 29.0 Å². The number of hydrogen-bond donors (Lipinski definition) is 0. The van der Waals surface area contributed by atoms with Crippen LogP contribution in [0.15, 0.2) is 118 Å². The molecule has 40 heavy (non-hydrogen) atoms. The maximum Gasteiger partial charge on any atom is 0.338 e. The third kappa shape index (κ3) is 4.76. The lowest BCUT2D eigenvalue weighted by molar-refractivity contribution is -0.136. The van der Waals surface area contributed by atoms with Crippen LogP contribution in [0.25, 0.3) is 16.8 Å². The van der Waals surface area contributed by atoms with E-state index in [2.05, 4.69) is 29.3 Å². The summed E-state index contributed by atoms with van der Waals surface area (Å²) in [5, 5.41) is 2.34. The molecule has 0 saturated heterocycles. The monoisotopic (exact) mass is 546 g/mol.